The fourth-order valence-electron chi connectivity index (χ4n) is 2.74. The van der Waals surface area contributed by atoms with Gasteiger partial charge in [-0.2, -0.15) is 5.10 Å². The summed E-state index contributed by atoms with van der Waals surface area (Å²) >= 11 is 0. The maximum absolute atomic E-state index is 12.1. The Kier molecular flexibility index (Phi) is 7.01. The predicted octanol–water partition coefficient (Wildman–Crippen LogP) is 4.55. The van der Waals surface area contributed by atoms with Crippen LogP contribution in [0.4, 0.5) is 11.4 Å². The highest BCUT2D eigenvalue weighted by Crippen LogP contribution is 2.16. The van der Waals surface area contributed by atoms with Crippen molar-refractivity contribution in [3.8, 4) is 5.75 Å². The Morgan fingerprint density at radius 2 is 1.58 bits per heavy atom. The molecule has 31 heavy (non-hydrogen) atoms. The SMILES string of the molecule is C/C(=N/Nc1ccc(C(=O)O)cc1)c1ccc(OCC(=O)Nc2ccccc2C)cc1. The van der Waals surface area contributed by atoms with Gasteiger partial charge >= 0.3 is 5.97 Å². The van der Waals surface area contributed by atoms with E-state index in [0.29, 0.717) is 11.4 Å². The quantitative estimate of drug-likeness (QED) is 0.369. The molecule has 0 aliphatic heterocycles. The third-order valence-electron chi connectivity index (χ3n) is 4.55. The van der Waals surface area contributed by atoms with Crippen molar-refractivity contribution >= 4 is 29.0 Å². The molecular weight excluding hydrogens is 394 g/mol. The van der Waals surface area contributed by atoms with Crippen LogP contribution in [0.1, 0.15) is 28.4 Å². The second-order valence-electron chi connectivity index (χ2n) is 6.87. The van der Waals surface area contributed by atoms with Crippen LogP contribution in [-0.2, 0) is 4.79 Å². The molecule has 0 saturated carbocycles. The average Bonchev–Trinajstić information content (AvgIpc) is 2.78. The number of carboxylic acids is 1. The van der Waals surface area contributed by atoms with E-state index >= 15 is 0 Å². The molecule has 3 aromatic carbocycles. The first-order chi connectivity index (χ1) is 14.9. The number of aromatic carboxylic acids is 1. The standard InChI is InChI=1S/C24H23N3O4/c1-16-5-3-4-6-22(16)25-23(28)15-31-21-13-9-18(10-14-21)17(2)26-27-20-11-7-19(8-12-20)24(29)30/h3-14,27H,15H2,1-2H3,(H,25,28)(H,29,30)/b26-17-. The Morgan fingerprint density at radius 1 is 0.935 bits per heavy atom. The lowest BCUT2D eigenvalue weighted by molar-refractivity contribution is -0.118. The molecule has 0 heterocycles. The largest absolute Gasteiger partial charge is 0.484 e. The number of ether oxygens (including phenoxy) is 1. The van der Waals surface area contributed by atoms with Crippen molar-refractivity contribution in [1.29, 1.82) is 0 Å². The predicted molar refractivity (Wildman–Crippen MR) is 121 cm³/mol. The lowest BCUT2D eigenvalue weighted by Gasteiger charge is -2.10. The van der Waals surface area contributed by atoms with Crippen molar-refractivity contribution in [2.45, 2.75) is 13.8 Å². The van der Waals surface area contributed by atoms with Crippen LogP contribution >= 0.6 is 0 Å². The summed E-state index contributed by atoms with van der Waals surface area (Å²) in [5.41, 5.74) is 7.18. The van der Waals surface area contributed by atoms with Crippen molar-refractivity contribution in [3.63, 3.8) is 0 Å². The first kappa shape index (κ1) is 21.6. The van der Waals surface area contributed by atoms with Crippen LogP contribution in [0.3, 0.4) is 0 Å². The second-order valence-corrected chi connectivity index (χ2v) is 6.87. The van der Waals surface area contributed by atoms with E-state index in [1.165, 1.54) is 12.1 Å². The maximum Gasteiger partial charge on any atom is 0.335 e. The van der Waals surface area contributed by atoms with E-state index in [1.54, 1.807) is 24.3 Å². The zero-order valence-corrected chi connectivity index (χ0v) is 17.3. The number of nitrogens with one attached hydrogen (secondary N) is 2. The van der Waals surface area contributed by atoms with Gasteiger partial charge in [-0.3, -0.25) is 10.2 Å². The van der Waals surface area contributed by atoms with Crippen LogP contribution in [0.15, 0.2) is 77.9 Å². The minimum absolute atomic E-state index is 0.0886. The number of carboxylic acid groups (broad SMARTS) is 1. The molecule has 3 N–H and O–H groups in total. The zero-order valence-electron chi connectivity index (χ0n) is 17.3. The molecule has 7 nitrogen and oxygen atoms in total. The van der Waals surface area contributed by atoms with E-state index in [9.17, 15) is 9.59 Å². The number of hydrogen-bond acceptors (Lipinski definition) is 5. The number of hydrazone groups is 1. The summed E-state index contributed by atoms with van der Waals surface area (Å²) in [5.74, 6) is -0.621. The van der Waals surface area contributed by atoms with Gasteiger partial charge in [-0.25, -0.2) is 4.79 Å². The molecule has 3 aromatic rings. The molecule has 0 radical (unpaired) electrons. The lowest BCUT2D eigenvalue weighted by atomic mass is 10.1. The number of rotatable bonds is 8. The topological polar surface area (TPSA) is 100 Å². The number of carbonyl (C=O) groups excluding carboxylic acids is 1. The minimum atomic E-state index is -0.971. The number of aryl methyl sites for hydroxylation is 1. The number of anilines is 2. The minimum Gasteiger partial charge on any atom is -0.484 e. The highest BCUT2D eigenvalue weighted by Gasteiger charge is 2.06. The molecule has 1 amide bonds. The summed E-state index contributed by atoms with van der Waals surface area (Å²) in [7, 11) is 0. The summed E-state index contributed by atoms with van der Waals surface area (Å²) in [6.07, 6.45) is 0. The molecule has 3 rings (SSSR count). The smallest absolute Gasteiger partial charge is 0.335 e. The van der Waals surface area contributed by atoms with Crippen molar-refractivity contribution in [1.82, 2.24) is 0 Å². The number of benzene rings is 3. The monoisotopic (exact) mass is 417 g/mol. The van der Waals surface area contributed by atoms with Crippen molar-refractivity contribution in [2.24, 2.45) is 5.10 Å². The molecule has 7 heteroatoms. The number of carbonyl (C=O) groups is 2. The van der Waals surface area contributed by atoms with Gasteiger partial charge in [0, 0.05) is 5.69 Å². The third-order valence-corrected chi connectivity index (χ3v) is 4.55. The Hall–Kier alpha value is -4.13. The Balaban J connectivity index is 1.52. The Morgan fingerprint density at radius 3 is 2.23 bits per heavy atom. The van der Waals surface area contributed by atoms with Crippen LogP contribution < -0.4 is 15.5 Å². The van der Waals surface area contributed by atoms with Crippen LogP contribution in [-0.4, -0.2) is 29.3 Å². The molecule has 0 aliphatic carbocycles. The first-order valence-electron chi connectivity index (χ1n) is 9.65. The van der Waals surface area contributed by atoms with E-state index in [-0.39, 0.29) is 18.1 Å². The van der Waals surface area contributed by atoms with Gasteiger partial charge in [-0.1, -0.05) is 18.2 Å². The van der Waals surface area contributed by atoms with Crippen molar-refractivity contribution < 1.29 is 19.4 Å². The zero-order chi connectivity index (χ0) is 22.2. The average molecular weight is 417 g/mol. The van der Waals surface area contributed by atoms with Crippen LogP contribution in [0.5, 0.6) is 5.75 Å². The summed E-state index contributed by atoms with van der Waals surface area (Å²) in [5, 5.41) is 16.1. The Labute approximate surface area is 180 Å². The number of hydrogen-bond donors (Lipinski definition) is 3. The van der Waals surface area contributed by atoms with Gasteiger partial charge in [-0.15, -0.1) is 0 Å². The molecule has 0 aliphatic rings. The van der Waals surface area contributed by atoms with Gasteiger partial charge in [0.05, 0.1) is 17.0 Å². The summed E-state index contributed by atoms with van der Waals surface area (Å²) in [6, 6.07) is 21.1. The van der Waals surface area contributed by atoms with E-state index in [1.807, 2.05) is 50.2 Å². The molecule has 158 valence electrons. The fourth-order valence-corrected chi connectivity index (χ4v) is 2.74. The summed E-state index contributed by atoms with van der Waals surface area (Å²) in [4.78, 5) is 23.0. The maximum atomic E-state index is 12.1. The number of nitrogens with zero attached hydrogens (tertiary/aromatic N) is 1. The van der Waals surface area contributed by atoms with Crippen molar-refractivity contribution in [2.75, 3.05) is 17.3 Å². The summed E-state index contributed by atoms with van der Waals surface area (Å²) in [6.45, 7) is 3.69. The van der Waals surface area contributed by atoms with Gasteiger partial charge in [0.2, 0.25) is 0 Å². The van der Waals surface area contributed by atoms with Gasteiger partial charge in [0.15, 0.2) is 6.61 Å². The van der Waals surface area contributed by atoms with Gasteiger partial charge in [0.25, 0.3) is 5.91 Å². The lowest BCUT2D eigenvalue weighted by Crippen LogP contribution is -2.20. The third kappa shape index (κ3) is 6.17. The molecular formula is C24H23N3O4. The molecule has 0 aromatic heterocycles. The second kappa shape index (κ2) is 10.1. The van der Waals surface area contributed by atoms with Gasteiger partial charge in [0.1, 0.15) is 5.75 Å². The van der Waals surface area contributed by atoms with E-state index < -0.39 is 5.97 Å². The van der Waals surface area contributed by atoms with Crippen molar-refractivity contribution in [3.05, 3.63) is 89.5 Å². The highest BCUT2D eigenvalue weighted by molar-refractivity contribution is 5.99. The highest BCUT2D eigenvalue weighted by atomic mass is 16.5. The van der Waals surface area contributed by atoms with Crippen LogP contribution in [0.2, 0.25) is 0 Å². The van der Waals surface area contributed by atoms with E-state index in [2.05, 4.69) is 15.8 Å². The molecule has 0 unspecified atom stereocenters. The van der Waals surface area contributed by atoms with E-state index in [4.69, 9.17) is 9.84 Å². The molecule has 0 atom stereocenters. The first-order valence-corrected chi connectivity index (χ1v) is 9.65. The van der Waals surface area contributed by atoms with Gasteiger partial charge in [-0.05, 0) is 79.6 Å². The van der Waals surface area contributed by atoms with Crippen LogP contribution in [0.25, 0.3) is 0 Å². The molecule has 0 bridgehead atoms. The normalized spacial score (nSPS) is 11.0. The molecule has 0 fully saturated rings. The Bertz CT molecular complexity index is 1090. The van der Waals surface area contributed by atoms with Crippen LogP contribution in [0, 0.1) is 6.92 Å². The fraction of sp³-hybridized carbons (Fsp3) is 0.125. The molecule has 0 spiro atoms. The molecule has 0 saturated heterocycles. The summed E-state index contributed by atoms with van der Waals surface area (Å²) < 4.78 is 5.56. The number of para-hydroxylation sites is 1. The van der Waals surface area contributed by atoms with E-state index in [0.717, 1.165) is 22.5 Å². The van der Waals surface area contributed by atoms with Gasteiger partial charge < -0.3 is 15.2 Å². The number of amides is 1.